The zero-order chi connectivity index (χ0) is 15.8. The average molecular weight is 294 g/mol. The highest BCUT2D eigenvalue weighted by molar-refractivity contribution is 5.80. The van der Waals surface area contributed by atoms with Gasteiger partial charge in [-0.15, -0.1) is 0 Å². The van der Waals surface area contributed by atoms with Gasteiger partial charge >= 0.3 is 5.97 Å². The Morgan fingerprint density at radius 2 is 1.48 bits per heavy atom. The fraction of sp³-hybridized carbons (Fsp3) is 0.667. The van der Waals surface area contributed by atoms with E-state index in [4.69, 9.17) is 5.11 Å². The molecule has 0 unspecified atom stereocenters. The molecule has 3 nitrogen and oxygen atoms in total. The Balaban J connectivity index is 3.29. The van der Waals surface area contributed by atoms with E-state index in [2.05, 4.69) is 6.92 Å². The standard InChI is InChI=1S/C18H30O3/c1-2-3-11-14-17(19)15-12-9-7-5-4-6-8-10-13-16-18(20)21/h8,10,13,16H,2-7,9,11-12,14-15H2,1H3,(H,20,21)/b10-8+,16-13+. The number of Topliss-reactive ketones (excluding diaryl/α,β-unsaturated/α-hetero) is 1. The van der Waals surface area contributed by atoms with Crippen molar-refractivity contribution < 1.29 is 14.7 Å². The fourth-order valence-electron chi connectivity index (χ4n) is 2.12. The molecule has 0 aliphatic heterocycles. The summed E-state index contributed by atoms with van der Waals surface area (Å²) in [5.74, 6) is -0.486. The van der Waals surface area contributed by atoms with Crippen LogP contribution in [0, 0.1) is 0 Å². The molecule has 0 amide bonds. The van der Waals surface area contributed by atoms with Gasteiger partial charge in [0.05, 0.1) is 0 Å². The number of carbonyl (C=O) groups excluding carboxylic acids is 1. The number of hydrogen-bond acceptors (Lipinski definition) is 2. The van der Waals surface area contributed by atoms with Crippen LogP contribution in [-0.2, 0) is 9.59 Å². The number of carbonyl (C=O) groups is 2. The van der Waals surface area contributed by atoms with Gasteiger partial charge in [-0.2, -0.15) is 0 Å². The second-order valence-corrected chi connectivity index (χ2v) is 5.43. The minimum Gasteiger partial charge on any atom is -0.478 e. The van der Waals surface area contributed by atoms with E-state index in [0.717, 1.165) is 51.0 Å². The molecular formula is C18H30O3. The summed E-state index contributed by atoms with van der Waals surface area (Å²) >= 11 is 0. The van der Waals surface area contributed by atoms with Crippen molar-refractivity contribution in [3.63, 3.8) is 0 Å². The summed E-state index contributed by atoms with van der Waals surface area (Å²) in [5.41, 5.74) is 0. The molecule has 0 spiro atoms. The van der Waals surface area contributed by atoms with Crippen LogP contribution >= 0.6 is 0 Å². The third-order valence-corrected chi connectivity index (χ3v) is 3.37. The molecule has 0 aliphatic carbocycles. The van der Waals surface area contributed by atoms with Crippen molar-refractivity contribution in [2.24, 2.45) is 0 Å². The molecule has 0 heterocycles. The zero-order valence-electron chi connectivity index (χ0n) is 13.4. The highest BCUT2D eigenvalue weighted by Crippen LogP contribution is 2.10. The number of carboxylic acids is 1. The summed E-state index contributed by atoms with van der Waals surface area (Å²) in [7, 11) is 0. The number of aliphatic carboxylic acids is 1. The second-order valence-electron chi connectivity index (χ2n) is 5.43. The molecule has 0 radical (unpaired) electrons. The Kier molecular flexibility index (Phi) is 14.0. The van der Waals surface area contributed by atoms with E-state index in [9.17, 15) is 9.59 Å². The Bertz CT molecular complexity index is 329. The van der Waals surface area contributed by atoms with Gasteiger partial charge in [0.2, 0.25) is 0 Å². The van der Waals surface area contributed by atoms with Crippen LogP contribution in [0.2, 0.25) is 0 Å². The molecule has 0 bridgehead atoms. The predicted octanol–water partition coefficient (Wildman–Crippen LogP) is 5.06. The number of rotatable bonds is 14. The van der Waals surface area contributed by atoms with Gasteiger partial charge in [-0.05, 0) is 25.7 Å². The topological polar surface area (TPSA) is 54.4 Å². The maximum Gasteiger partial charge on any atom is 0.328 e. The van der Waals surface area contributed by atoms with Gasteiger partial charge in [0.25, 0.3) is 0 Å². The molecule has 0 saturated heterocycles. The molecule has 0 fully saturated rings. The van der Waals surface area contributed by atoms with Crippen molar-refractivity contribution in [3.05, 3.63) is 24.3 Å². The smallest absolute Gasteiger partial charge is 0.328 e. The number of allylic oxidation sites excluding steroid dienone is 3. The maximum atomic E-state index is 11.5. The van der Waals surface area contributed by atoms with Crippen LogP contribution in [0.1, 0.15) is 77.6 Å². The maximum absolute atomic E-state index is 11.5. The lowest BCUT2D eigenvalue weighted by Crippen LogP contribution is -1.97. The first-order valence-corrected chi connectivity index (χ1v) is 8.24. The van der Waals surface area contributed by atoms with Crippen molar-refractivity contribution in [2.75, 3.05) is 0 Å². The van der Waals surface area contributed by atoms with Crippen LogP contribution in [0.25, 0.3) is 0 Å². The van der Waals surface area contributed by atoms with Crippen LogP contribution in [-0.4, -0.2) is 16.9 Å². The zero-order valence-corrected chi connectivity index (χ0v) is 13.4. The highest BCUT2D eigenvalue weighted by atomic mass is 16.4. The first-order chi connectivity index (χ1) is 10.2. The van der Waals surface area contributed by atoms with E-state index < -0.39 is 5.97 Å². The molecule has 0 aromatic carbocycles. The number of ketones is 1. The van der Waals surface area contributed by atoms with Crippen LogP contribution in [0.15, 0.2) is 24.3 Å². The molecule has 1 N–H and O–H groups in total. The van der Waals surface area contributed by atoms with Crippen molar-refractivity contribution in [2.45, 2.75) is 77.6 Å². The lowest BCUT2D eigenvalue weighted by atomic mass is 10.0. The largest absolute Gasteiger partial charge is 0.478 e. The third-order valence-electron chi connectivity index (χ3n) is 3.37. The van der Waals surface area contributed by atoms with E-state index in [0.29, 0.717) is 5.78 Å². The van der Waals surface area contributed by atoms with E-state index in [1.54, 1.807) is 12.2 Å². The Labute approximate surface area is 129 Å². The summed E-state index contributed by atoms with van der Waals surface area (Å²) in [6.07, 6.45) is 18.0. The van der Waals surface area contributed by atoms with Gasteiger partial charge in [0.15, 0.2) is 0 Å². The van der Waals surface area contributed by atoms with E-state index >= 15 is 0 Å². The molecule has 0 aliphatic rings. The van der Waals surface area contributed by atoms with Crippen molar-refractivity contribution >= 4 is 11.8 Å². The van der Waals surface area contributed by atoms with Crippen molar-refractivity contribution in [3.8, 4) is 0 Å². The van der Waals surface area contributed by atoms with Gasteiger partial charge in [-0.25, -0.2) is 4.79 Å². The third kappa shape index (κ3) is 16.6. The van der Waals surface area contributed by atoms with Gasteiger partial charge < -0.3 is 5.11 Å². The van der Waals surface area contributed by atoms with Crippen LogP contribution in [0.4, 0.5) is 0 Å². The molecule has 21 heavy (non-hydrogen) atoms. The summed E-state index contributed by atoms with van der Waals surface area (Å²) in [6.45, 7) is 2.15. The fourth-order valence-corrected chi connectivity index (χ4v) is 2.12. The van der Waals surface area contributed by atoms with E-state index in [-0.39, 0.29) is 0 Å². The van der Waals surface area contributed by atoms with Crippen LogP contribution < -0.4 is 0 Å². The first-order valence-electron chi connectivity index (χ1n) is 8.24. The number of carboxylic acid groups (broad SMARTS) is 1. The lowest BCUT2D eigenvalue weighted by Gasteiger charge is -2.01. The van der Waals surface area contributed by atoms with Gasteiger partial charge in [0.1, 0.15) is 5.78 Å². The highest BCUT2D eigenvalue weighted by Gasteiger charge is 2.00. The van der Waals surface area contributed by atoms with Gasteiger partial charge in [-0.3, -0.25) is 4.79 Å². The predicted molar refractivity (Wildman–Crippen MR) is 87.4 cm³/mol. The molecular weight excluding hydrogens is 264 g/mol. The van der Waals surface area contributed by atoms with Crippen molar-refractivity contribution in [1.82, 2.24) is 0 Å². The molecule has 120 valence electrons. The average Bonchev–Trinajstić information content (AvgIpc) is 2.44. The molecule has 0 aromatic rings. The van der Waals surface area contributed by atoms with Crippen molar-refractivity contribution in [1.29, 1.82) is 0 Å². The van der Waals surface area contributed by atoms with Gasteiger partial charge in [-0.1, -0.05) is 57.3 Å². The van der Waals surface area contributed by atoms with Crippen LogP contribution in [0.5, 0.6) is 0 Å². The SMILES string of the molecule is CCCCCC(=O)CCCCCCC/C=C/C=C/C(=O)O. The summed E-state index contributed by atoms with van der Waals surface area (Å²) in [5, 5.41) is 8.39. The quantitative estimate of drug-likeness (QED) is 0.277. The van der Waals surface area contributed by atoms with Crippen LogP contribution in [0.3, 0.4) is 0 Å². The summed E-state index contributed by atoms with van der Waals surface area (Å²) in [4.78, 5) is 21.8. The first kappa shape index (κ1) is 19.6. The minimum atomic E-state index is -0.913. The molecule has 0 rings (SSSR count). The van der Waals surface area contributed by atoms with E-state index in [1.807, 2.05) is 6.08 Å². The number of hydrogen-bond donors (Lipinski definition) is 1. The minimum absolute atomic E-state index is 0.427. The normalized spacial score (nSPS) is 11.5. The number of unbranched alkanes of at least 4 members (excludes halogenated alkanes) is 7. The summed E-state index contributed by atoms with van der Waals surface area (Å²) in [6, 6.07) is 0. The molecule has 0 atom stereocenters. The Morgan fingerprint density at radius 1 is 0.857 bits per heavy atom. The second kappa shape index (κ2) is 15.0. The van der Waals surface area contributed by atoms with Gasteiger partial charge in [0, 0.05) is 18.9 Å². The Hall–Kier alpha value is -1.38. The lowest BCUT2D eigenvalue weighted by molar-refractivity contribution is -0.131. The molecule has 3 heteroatoms. The molecule has 0 saturated carbocycles. The monoisotopic (exact) mass is 294 g/mol. The van der Waals surface area contributed by atoms with E-state index in [1.165, 1.54) is 25.7 Å². The summed E-state index contributed by atoms with van der Waals surface area (Å²) < 4.78 is 0. The molecule has 0 aromatic heterocycles. The Morgan fingerprint density at radius 3 is 2.14 bits per heavy atom.